The Labute approximate surface area is 179 Å². The Kier molecular flexibility index (Phi) is 5.46. The molecule has 0 amide bonds. The molecule has 6 nitrogen and oxygen atoms in total. The lowest BCUT2D eigenvalue weighted by atomic mass is 10.1. The Hall–Kier alpha value is -2.95. The van der Waals surface area contributed by atoms with Crippen molar-refractivity contribution in [3.8, 4) is 21.8 Å². The zero-order valence-corrected chi connectivity index (χ0v) is 17.3. The maximum Gasteiger partial charge on any atom is 0.267 e. The predicted octanol–water partition coefficient (Wildman–Crippen LogP) is 5.00. The summed E-state index contributed by atoms with van der Waals surface area (Å²) in [6, 6.07) is 10.8. The van der Waals surface area contributed by atoms with Crippen LogP contribution in [0.4, 0.5) is 14.5 Å². The third-order valence-corrected chi connectivity index (χ3v) is 6.47. The van der Waals surface area contributed by atoms with Crippen LogP contribution < -0.4 is 4.72 Å². The first kappa shape index (κ1) is 20.3. The molecule has 0 fully saturated rings. The van der Waals surface area contributed by atoms with Crippen LogP contribution in [0.1, 0.15) is 0 Å². The van der Waals surface area contributed by atoms with Gasteiger partial charge in [-0.3, -0.25) is 4.72 Å². The van der Waals surface area contributed by atoms with Crippen molar-refractivity contribution in [1.82, 2.24) is 15.0 Å². The SMILES string of the molecule is O=S(=O)(Nc1cccc(-c2ncsc2-c2ccnc(Cl)n2)c1)c1c(F)cccc1F. The molecule has 0 saturated carbocycles. The van der Waals surface area contributed by atoms with Crippen LogP contribution in [0.5, 0.6) is 0 Å². The van der Waals surface area contributed by atoms with Crippen molar-refractivity contribution in [3.63, 3.8) is 0 Å². The Morgan fingerprint density at radius 3 is 2.47 bits per heavy atom. The lowest BCUT2D eigenvalue weighted by Crippen LogP contribution is -2.16. The fraction of sp³-hybridized carbons (Fsp3) is 0. The summed E-state index contributed by atoms with van der Waals surface area (Å²) in [5.41, 5.74) is 3.43. The molecule has 4 rings (SSSR count). The van der Waals surface area contributed by atoms with Crippen LogP contribution in [0.2, 0.25) is 5.28 Å². The lowest BCUT2D eigenvalue weighted by Gasteiger charge is -2.11. The molecular weight excluding hydrogens is 454 g/mol. The number of nitrogens with one attached hydrogen (secondary N) is 1. The van der Waals surface area contributed by atoms with E-state index in [1.54, 1.807) is 23.7 Å². The van der Waals surface area contributed by atoms with Crippen molar-refractivity contribution >= 4 is 38.6 Å². The average molecular weight is 465 g/mol. The highest BCUT2D eigenvalue weighted by atomic mass is 35.5. The number of benzene rings is 2. The van der Waals surface area contributed by atoms with Crippen LogP contribution in [-0.4, -0.2) is 23.4 Å². The van der Waals surface area contributed by atoms with Crippen molar-refractivity contribution in [2.75, 3.05) is 4.72 Å². The minimum atomic E-state index is -4.48. The van der Waals surface area contributed by atoms with Gasteiger partial charge in [-0.1, -0.05) is 18.2 Å². The molecule has 0 spiro atoms. The Balaban J connectivity index is 1.71. The molecule has 0 saturated heterocycles. The van der Waals surface area contributed by atoms with Crippen LogP contribution in [0.15, 0.2) is 65.1 Å². The first-order valence-corrected chi connectivity index (χ1v) is 11.1. The molecule has 0 unspecified atom stereocenters. The summed E-state index contributed by atoms with van der Waals surface area (Å²) >= 11 is 7.19. The maximum atomic E-state index is 13.9. The van der Waals surface area contributed by atoms with Gasteiger partial charge in [-0.05, 0) is 41.9 Å². The lowest BCUT2D eigenvalue weighted by molar-refractivity contribution is 0.521. The summed E-state index contributed by atoms with van der Waals surface area (Å²) in [4.78, 5) is 12.0. The Morgan fingerprint density at radius 1 is 1.00 bits per heavy atom. The number of anilines is 1. The standard InChI is InChI=1S/C19H11ClF2N4O2S2/c20-19-23-8-7-15(25-19)17-16(24-10-29-17)11-3-1-4-12(9-11)26-30(27,28)18-13(21)5-2-6-14(18)22/h1-10,26H. The first-order valence-electron chi connectivity index (χ1n) is 8.35. The molecule has 152 valence electrons. The quantitative estimate of drug-likeness (QED) is 0.420. The second kappa shape index (κ2) is 8.05. The molecule has 0 aliphatic heterocycles. The zero-order chi connectivity index (χ0) is 21.3. The maximum absolute atomic E-state index is 13.9. The van der Waals surface area contributed by atoms with Gasteiger partial charge in [0.25, 0.3) is 10.0 Å². The molecule has 2 aromatic carbocycles. The van der Waals surface area contributed by atoms with E-state index >= 15 is 0 Å². The topological polar surface area (TPSA) is 84.8 Å². The summed E-state index contributed by atoms with van der Waals surface area (Å²) in [6.45, 7) is 0. The van der Waals surface area contributed by atoms with Gasteiger partial charge in [0.05, 0.1) is 21.8 Å². The molecule has 0 radical (unpaired) electrons. The second-order valence-corrected chi connectivity index (χ2v) is 8.79. The molecule has 0 atom stereocenters. The summed E-state index contributed by atoms with van der Waals surface area (Å²) in [5.74, 6) is -2.36. The monoisotopic (exact) mass is 464 g/mol. The van der Waals surface area contributed by atoms with Gasteiger partial charge in [0.1, 0.15) is 11.6 Å². The van der Waals surface area contributed by atoms with Crippen LogP contribution in [-0.2, 0) is 10.0 Å². The van der Waals surface area contributed by atoms with Gasteiger partial charge in [-0.25, -0.2) is 32.2 Å². The minimum Gasteiger partial charge on any atom is -0.279 e. The van der Waals surface area contributed by atoms with E-state index in [1.165, 1.54) is 29.7 Å². The zero-order valence-electron chi connectivity index (χ0n) is 14.9. The van der Waals surface area contributed by atoms with Crippen LogP contribution in [0, 0.1) is 11.6 Å². The summed E-state index contributed by atoms with van der Waals surface area (Å²) < 4.78 is 55.1. The third-order valence-electron chi connectivity index (χ3n) is 4.00. The Bertz CT molecular complexity index is 1330. The molecular formula is C19H11ClF2N4O2S2. The Morgan fingerprint density at radius 2 is 1.73 bits per heavy atom. The van der Waals surface area contributed by atoms with Crippen LogP contribution in [0.25, 0.3) is 21.8 Å². The van der Waals surface area contributed by atoms with Crippen molar-refractivity contribution in [2.45, 2.75) is 4.90 Å². The van der Waals surface area contributed by atoms with Crippen molar-refractivity contribution in [2.24, 2.45) is 0 Å². The first-order chi connectivity index (χ1) is 14.3. The summed E-state index contributed by atoms with van der Waals surface area (Å²) in [5, 5.41) is 0.0836. The fourth-order valence-electron chi connectivity index (χ4n) is 2.77. The van der Waals surface area contributed by atoms with E-state index in [0.29, 0.717) is 21.8 Å². The van der Waals surface area contributed by atoms with Gasteiger partial charge in [0, 0.05) is 17.4 Å². The highest BCUT2D eigenvalue weighted by Crippen LogP contribution is 2.35. The fourth-order valence-corrected chi connectivity index (χ4v) is 4.89. The van der Waals surface area contributed by atoms with Gasteiger partial charge >= 0.3 is 0 Å². The number of hydrogen-bond acceptors (Lipinski definition) is 6. The van der Waals surface area contributed by atoms with Crippen molar-refractivity contribution < 1.29 is 17.2 Å². The molecule has 2 aromatic heterocycles. The van der Waals surface area contributed by atoms with Crippen LogP contribution >= 0.6 is 22.9 Å². The van der Waals surface area contributed by atoms with E-state index in [2.05, 4.69) is 19.7 Å². The van der Waals surface area contributed by atoms with Gasteiger partial charge in [0.15, 0.2) is 4.90 Å². The largest absolute Gasteiger partial charge is 0.279 e. The normalized spacial score (nSPS) is 11.4. The van der Waals surface area contributed by atoms with Gasteiger partial charge in [-0.15, -0.1) is 11.3 Å². The van der Waals surface area contributed by atoms with Crippen molar-refractivity contribution in [1.29, 1.82) is 0 Å². The molecule has 0 bridgehead atoms. The van der Waals surface area contributed by atoms with Gasteiger partial charge in [-0.2, -0.15) is 0 Å². The third kappa shape index (κ3) is 4.02. The van der Waals surface area contributed by atoms with Gasteiger partial charge in [0.2, 0.25) is 5.28 Å². The molecule has 0 aliphatic rings. The summed E-state index contributed by atoms with van der Waals surface area (Å²) in [7, 11) is -4.48. The number of hydrogen-bond donors (Lipinski definition) is 1. The number of aromatic nitrogens is 3. The molecule has 2 heterocycles. The van der Waals surface area contributed by atoms with Crippen molar-refractivity contribution in [3.05, 3.63) is 77.2 Å². The van der Waals surface area contributed by atoms with E-state index in [-0.39, 0.29) is 11.0 Å². The van der Waals surface area contributed by atoms with E-state index in [0.717, 1.165) is 18.2 Å². The highest BCUT2D eigenvalue weighted by molar-refractivity contribution is 7.92. The minimum absolute atomic E-state index is 0.0836. The number of nitrogens with zero attached hydrogens (tertiary/aromatic N) is 3. The van der Waals surface area contributed by atoms with E-state index < -0.39 is 26.6 Å². The summed E-state index contributed by atoms with van der Waals surface area (Å²) in [6.07, 6.45) is 1.52. The van der Waals surface area contributed by atoms with Crippen LogP contribution in [0.3, 0.4) is 0 Å². The average Bonchev–Trinajstić information content (AvgIpc) is 3.17. The molecule has 1 N–H and O–H groups in total. The predicted molar refractivity (Wildman–Crippen MR) is 111 cm³/mol. The number of halogens is 3. The van der Waals surface area contributed by atoms with E-state index in [1.807, 2.05) is 0 Å². The number of thiazole rings is 1. The van der Waals surface area contributed by atoms with Gasteiger partial charge < -0.3 is 0 Å². The van der Waals surface area contributed by atoms with E-state index in [9.17, 15) is 17.2 Å². The smallest absolute Gasteiger partial charge is 0.267 e. The molecule has 30 heavy (non-hydrogen) atoms. The van der Waals surface area contributed by atoms with E-state index in [4.69, 9.17) is 11.6 Å². The second-order valence-electron chi connectivity index (χ2n) is 5.98. The number of sulfonamides is 1. The molecule has 4 aromatic rings. The highest BCUT2D eigenvalue weighted by Gasteiger charge is 2.24. The number of rotatable bonds is 5. The molecule has 0 aliphatic carbocycles. The molecule has 11 heteroatoms.